The van der Waals surface area contributed by atoms with Crippen molar-refractivity contribution in [3.8, 4) is 0 Å². The summed E-state index contributed by atoms with van der Waals surface area (Å²) in [5.74, 6) is -0.564. The summed E-state index contributed by atoms with van der Waals surface area (Å²) in [7, 11) is 1.32. The van der Waals surface area contributed by atoms with Gasteiger partial charge in [0.1, 0.15) is 0 Å². The number of rotatable bonds is 5. The Bertz CT molecular complexity index is 457. The molecule has 0 fully saturated rings. The van der Waals surface area contributed by atoms with E-state index in [0.29, 0.717) is 28.7 Å². The highest BCUT2D eigenvalue weighted by Gasteiger charge is 2.16. The minimum atomic E-state index is -0.352. The first-order valence-corrected chi connectivity index (χ1v) is 6.55. The lowest BCUT2D eigenvalue weighted by Gasteiger charge is -2.20. The predicted octanol–water partition coefficient (Wildman–Crippen LogP) is 3.02. The van der Waals surface area contributed by atoms with Gasteiger partial charge in [-0.1, -0.05) is 23.2 Å². The van der Waals surface area contributed by atoms with Crippen LogP contribution in [-0.4, -0.2) is 37.0 Å². The van der Waals surface area contributed by atoms with Crippen LogP contribution in [0.25, 0.3) is 0 Å². The summed E-state index contributed by atoms with van der Waals surface area (Å²) >= 11 is 11.7. The number of carbonyl (C=O) groups is 2. The Balaban J connectivity index is 2.80. The highest BCUT2D eigenvalue weighted by Crippen LogP contribution is 2.20. The van der Waals surface area contributed by atoms with E-state index in [1.807, 2.05) is 6.92 Å². The standard InChI is InChI=1S/C13H15Cl2NO3/c1-3-16(5-4-12(17)19-2)13(18)9-6-10(14)8-11(15)7-9/h6-8H,3-5H2,1-2H3. The van der Waals surface area contributed by atoms with E-state index in [9.17, 15) is 9.59 Å². The zero-order chi connectivity index (χ0) is 14.4. The van der Waals surface area contributed by atoms with Crippen molar-refractivity contribution < 1.29 is 14.3 Å². The number of benzene rings is 1. The normalized spacial score (nSPS) is 10.1. The molecule has 0 saturated carbocycles. The van der Waals surface area contributed by atoms with Crippen molar-refractivity contribution in [2.45, 2.75) is 13.3 Å². The zero-order valence-corrected chi connectivity index (χ0v) is 12.3. The smallest absolute Gasteiger partial charge is 0.307 e. The fraction of sp³-hybridized carbons (Fsp3) is 0.385. The number of halogens is 2. The Morgan fingerprint density at radius 1 is 1.21 bits per heavy atom. The molecule has 0 aliphatic heterocycles. The molecule has 1 rings (SSSR count). The van der Waals surface area contributed by atoms with E-state index in [1.54, 1.807) is 23.1 Å². The van der Waals surface area contributed by atoms with Crippen LogP contribution in [0.4, 0.5) is 0 Å². The maximum absolute atomic E-state index is 12.2. The zero-order valence-electron chi connectivity index (χ0n) is 10.8. The SMILES string of the molecule is CCN(CCC(=O)OC)C(=O)c1cc(Cl)cc(Cl)c1. The van der Waals surface area contributed by atoms with Gasteiger partial charge in [-0.25, -0.2) is 0 Å². The summed E-state index contributed by atoms with van der Waals surface area (Å²) in [6.45, 7) is 2.62. The molecule has 0 N–H and O–H groups in total. The van der Waals surface area contributed by atoms with Gasteiger partial charge in [-0.3, -0.25) is 9.59 Å². The lowest BCUT2D eigenvalue weighted by molar-refractivity contribution is -0.140. The van der Waals surface area contributed by atoms with E-state index in [0.717, 1.165) is 0 Å². The summed E-state index contributed by atoms with van der Waals surface area (Å²) in [5, 5.41) is 0.805. The summed E-state index contributed by atoms with van der Waals surface area (Å²) < 4.78 is 4.55. The molecule has 0 aliphatic carbocycles. The average Bonchev–Trinajstić information content (AvgIpc) is 2.37. The molecule has 1 aromatic rings. The van der Waals surface area contributed by atoms with E-state index < -0.39 is 0 Å². The number of carbonyl (C=O) groups excluding carboxylic acids is 2. The fourth-order valence-electron chi connectivity index (χ4n) is 1.59. The van der Waals surface area contributed by atoms with Crippen molar-refractivity contribution in [2.24, 2.45) is 0 Å². The molecule has 19 heavy (non-hydrogen) atoms. The van der Waals surface area contributed by atoms with Gasteiger partial charge >= 0.3 is 5.97 Å². The monoisotopic (exact) mass is 303 g/mol. The van der Waals surface area contributed by atoms with Gasteiger partial charge in [0.2, 0.25) is 0 Å². The first-order valence-electron chi connectivity index (χ1n) is 5.80. The molecule has 4 nitrogen and oxygen atoms in total. The number of ether oxygens (including phenoxy) is 1. The Morgan fingerprint density at radius 2 is 1.79 bits per heavy atom. The van der Waals surface area contributed by atoms with Gasteiger partial charge < -0.3 is 9.64 Å². The van der Waals surface area contributed by atoms with E-state index in [-0.39, 0.29) is 18.3 Å². The molecule has 0 bridgehead atoms. The summed E-state index contributed by atoms with van der Waals surface area (Å²) in [6.07, 6.45) is 0.157. The quantitative estimate of drug-likeness (QED) is 0.786. The van der Waals surface area contributed by atoms with Crippen LogP contribution in [0.15, 0.2) is 18.2 Å². The van der Waals surface area contributed by atoms with Gasteiger partial charge in [0.05, 0.1) is 13.5 Å². The van der Waals surface area contributed by atoms with E-state index in [1.165, 1.54) is 7.11 Å². The van der Waals surface area contributed by atoms with Crippen LogP contribution in [0, 0.1) is 0 Å². The molecular weight excluding hydrogens is 289 g/mol. The molecule has 0 saturated heterocycles. The van der Waals surface area contributed by atoms with E-state index >= 15 is 0 Å². The molecule has 0 spiro atoms. The minimum Gasteiger partial charge on any atom is -0.469 e. The summed E-state index contributed by atoms with van der Waals surface area (Å²) in [4.78, 5) is 24.9. The van der Waals surface area contributed by atoms with Crippen molar-refractivity contribution in [3.05, 3.63) is 33.8 Å². The molecule has 1 aromatic carbocycles. The van der Waals surface area contributed by atoms with Crippen LogP contribution in [0.3, 0.4) is 0 Å². The van der Waals surface area contributed by atoms with E-state index in [4.69, 9.17) is 23.2 Å². The van der Waals surface area contributed by atoms with Crippen molar-refractivity contribution in [1.29, 1.82) is 0 Å². The van der Waals surface area contributed by atoms with Crippen molar-refractivity contribution in [1.82, 2.24) is 4.90 Å². The van der Waals surface area contributed by atoms with Gasteiger partial charge in [-0.15, -0.1) is 0 Å². The lowest BCUT2D eigenvalue weighted by Crippen LogP contribution is -2.33. The maximum atomic E-state index is 12.2. The highest BCUT2D eigenvalue weighted by molar-refractivity contribution is 6.35. The molecule has 0 heterocycles. The molecule has 0 aliphatic rings. The molecule has 1 amide bonds. The number of hydrogen-bond donors (Lipinski definition) is 0. The second-order valence-corrected chi connectivity index (χ2v) is 4.74. The van der Waals surface area contributed by atoms with Gasteiger partial charge in [0.15, 0.2) is 0 Å². The Hall–Kier alpha value is -1.26. The van der Waals surface area contributed by atoms with Crippen molar-refractivity contribution >= 4 is 35.1 Å². The Morgan fingerprint density at radius 3 is 2.26 bits per heavy atom. The van der Waals surface area contributed by atoms with Crippen LogP contribution in [0.1, 0.15) is 23.7 Å². The lowest BCUT2D eigenvalue weighted by atomic mass is 10.2. The van der Waals surface area contributed by atoms with Crippen LogP contribution in [0.2, 0.25) is 10.0 Å². The molecule has 0 radical (unpaired) electrons. The first kappa shape index (κ1) is 15.8. The van der Waals surface area contributed by atoms with Crippen LogP contribution in [-0.2, 0) is 9.53 Å². The minimum absolute atomic E-state index is 0.157. The Kier molecular flexibility index (Phi) is 6.12. The molecule has 104 valence electrons. The van der Waals surface area contributed by atoms with Crippen LogP contribution in [0.5, 0.6) is 0 Å². The second kappa shape index (κ2) is 7.36. The summed E-state index contributed by atoms with van der Waals surface area (Å²) in [5.41, 5.74) is 0.407. The average molecular weight is 304 g/mol. The molecule has 0 aromatic heterocycles. The van der Waals surface area contributed by atoms with Crippen molar-refractivity contribution in [2.75, 3.05) is 20.2 Å². The molecule has 0 unspecified atom stereocenters. The molecule has 6 heteroatoms. The third-order valence-corrected chi connectivity index (χ3v) is 3.03. The van der Waals surface area contributed by atoms with E-state index in [2.05, 4.69) is 4.74 Å². The summed E-state index contributed by atoms with van der Waals surface area (Å²) in [6, 6.07) is 4.66. The van der Waals surface area contributed by atoms with Crippen molar-refractivity contribution in [3.63, 3.8) is 0 Å². The number of nitrogens with zero attached hydrogens (tertiary/aromatic N) is 1. The molecule has 0 atom stereocenters. The van der Waals surface area contributed by atoms with Crippen LogP contribution >= 0.6 is 23.2 Å². The Labute approximate surface area is 122 Å². The van der Waals surface area contributed by atoms with Crippen LogP contribution < -0.4 is 0 Å². The number of esters is 1. The third kappa shape index (κ3) is 4.73. The third-order valence-electron chi connectivity index (χ3n) is 2.59. The fourth-order valence-corrected chi connectivity index (χ4v) is 2.12. The predicted molar refractivity (Wildman–Crippen MR) is 74.7 cm³/mol. The number of methoxy groups -OCH3 is 1. The first-order chi connectivity index (χ1) is 8.97. The topological polar surface area (TPSA) is 46.6 Å². The maximum Gasteiger partial charge on any atom is 0.307 e. The van der Waals surface area contributed by atoms with Gasteiger partial charge in [0.25, 0.3) is 5.91 Å². The number of amides is 1. The van der Waals surface area contributed by atoms with Gasteiger partial charge in [0, 0.05) is 28.7 Å². The largest absolute Gasteiger partial charge is 0.469 e. The number of hydrogen-bond acceptors (Lipinski definition) is 3. The highest BCUT2D eigenvalue weighted by atomic mass is 35.5. The second-order valence-electron chi connectivity index (χ2n) is 3.87. The van der Waals surface area contributed by atoms with Gasteiger partial charge in [-0.2, -0.15) is 0 Å². The molecular formula is C13H15Cl2NO3. The van der Waals surface area contributed by atoms with Gasteiger partial charge in [-0.05, 0) is 25.1 Å².